The first-order valence-corrected chi connectivity index (χ1v) is 7.32. The van der Waals surface area contributed by atoms with Crippen LogP contribution >= 0.6 is 0 Å². The van der Waals surface area contributed by atoms with E-state index in [1.165, 1.54) is 30.3 Å². The summed E-state index contributed by atoms with van der Waals surface area (Å²) in [6, 6.07) is 8.56. The van der Waals surface area contributed by atoms with Gasteiger partial charge in [-0.3, -0.25) is 9.59 Å². The monoisotopic (exact) mass is 352 g/mol. The minimum atomic E-state index is -4.70. The molecule has 2 amide bonds. The van der Waals surface area contributed by atoms with Gasteiger partial charge in [0.05, 0.1) is 17.7 Å². The molecule has 2 aromatic rings. The molecular formula is C17H12F4N2O2. The fraction of sp³-hybridized carbons (Fsp3) is 0.176. The molecular weight excluding hydrogens is 340 g/mol. The van der Waals surface area contributed by atoms with Gasteiger partial charge < -0.3 is 5.32 Å². The van der Waals surface area contributed by atoms with Crippen LogP contribution in [0.1, 0.15) is 12.0 Å². The zero-order chi connectivity index (χ0) is 18.2. The predicted octanol–water partition coefficient (Wildman–Crippen LogP) is 3.59. The van der Waals surface area contributed by atoms with Crippen LogP contribution in [0.25, 0.3) is 0 Å². The smallest absolute Gasteiger partial charge is 0.373 e. The zero-order valence-corrected chi connectivity index (χ0v) is 12.7. The maximum atomic E-state index is 13.2. The molecule has 1 fully saturated rings. The van der Waals surface area contributed by atoms with E-state index in [2.05, 4.69) is 5.32 Å². The van der Waals surface area contributed by atoms with Crippen molar-refractivity contribution in [2.45, 2.75) is 18.6 Å². The Hall–Kier alpha value is -2.90. The number of anilines is 2. The molecule has 1 aliphatic heterocycles. The van der Waals surface area contributed by atoms with E-state index >= 15 is 0 Å². The molecule has 1 aliphatic rings. The van der Waals surface area contributed by atoms with Crippen LogP contribution in [0.4, 0.5) is 28.9 Å². The van der Waals surface area contributed by atoms with E-state index in [1.54, 1.807) is 0 Å². The maximum absolute atomic E-state index is 13.2. The predicted molar refractivity (Wildman–Crippen MR) is 82.4 cm³/mol. The van der Waals surface area contributed by atoms with E-state index in [9.17, 15) is 27.2 Å². The molecule has 2 aromatic carbocycles. The van der Waals surface area contributed by atoms with E-state index < -0.39 is 41.1 Å². The highest BCUT2D eigenvalue weighted by molar-refractivity contribution is 6.23. The summed E-state index contributed by atoms with van der Waals surface area (Å²) in [7, 11) is 0. The third kappa shape index (κ3) is 3.33. The van der Waals surface area contributed by atoms with Gasteiger partial charge in [-0.05, 0) is 30.3 Å². The van der Waals surface area contributed by atoms with Crippen molar-refractivity contribution in [1.82, 2.24) is 0 Å². The van der Waals surface area contributed by atoms with Gasteiger partial charge in [0, 0.05) is 5.69 Å². The average molecular weight is 352 g/mol. The van der Waals surface area contributed by atoms with Gasteiger partial charge in [0.2, 0.25) is 5.91 Å². The number of para-hydroxylation sites is 1. The summed E-state index contributed by atoms with van der Waals surface area (Å²) in [6.07, 6.45) is -5.02. The third-order valence-electron chi connectivity index (χ3n) is 3.76. The van der Waals surface area contributed by atoms with Crippen LogP contribution in [0.15, 0.2) is 48.5 Å². The van der Waals surface area contributed by atoms with Gasteiger partial charge in [0.15, 0.2) is 0 Å². The number of rotatable bonds is 3. The number of nitrogens with zero attached hydrogens (tertiary/aromatic N) is 1. The zero-order valence-electron chi connectivity index (χ0n) is 12.7. The Balaban J connectivity index is 1.90. The minimum Gasteiger partial charge on any atom is -0.373 e. The number of imide groups is 1. The quantitative estimate of drug-likeness (QED) is 0.678. The van der Waals surface area contributed by atoms with Crippen molar-refractivity contribution < 1.29 is 27.2 Å². The summed E-state index contributed by atoms with van der Waals surface area (Å²) < 4.78 is 52.6. The molecule has 8 heteroatoms. The molecule has 25 heavy (non-hydrogen) atoms. The molecule has 1 heterocycles. The lowest BCUT2D eigenvalue weighted by Gasteiger charge is -2.20. The molecule has 1 atom stereocenters. The highest BCUT2D eigenvalue weighted by atomic mass is 19.4. The molecule has 1 N–H and O–H groups in total. The topological polar surface area (TPSA) is 49.4 Å². The molecule has 1 unspecified atom stereocenters. The highest BCUT2D eigenvalue weighted by Crippen LogP contribution is 2.38. The Kier molecular flexibility index (Phi) is 4.20. The highest BCUT2D eigenvalue weighted by Gasteiger charge is 2.44. The Morgan fingerprint density at radius 3 is 2.44 bits per heavy atom. The molecule has 0 aliphatic carbocycles. The largest absolute Gasteiger partial charge is 0.418 e. The first-order valence-electron chi connectivity index (χ1n) is 7.32. The first-order chi connectivity index (χ1) is 11.8. The summed E-state index contributed by atoms with van der Waals surface area (Å²) in [5, 5.41) is 2.69. The maximum Gasteiger partial charge on any atom is 0.418 e. The minimum absolute atomic E-state index is 0.261. The summed E-state index contributed by atoms with van der Waals surface area (Å²) in [6.45, 7) is 0. The number of hydrogen-bond donors (Lipinski definition) is 1. The molecule has 4 nitrogen and oxygen atoms in total. The van der Waals surface area contributed by atoms with Crippen molar-refractivity contribution in [3.8, 4) is 0 Å². The van der Waals surface area contributed by atoms with Crippen LogP contribution in [0.5, 0.6) is 0 Å². The third-order valence-corrected chi connectivity index (χ3v) is 3.76. The van der Waals surface area contributed by atoms with Crippen LogP contribution in [0.2, 0.25) is 0 Å². The summed E-state index contributed by atoms with van der Waals surface area (Å²) in [4.78, 5) is 25.1. The van der Waals surface area contributed by atoms with Crippen molar-refractivity contribution >= 4 is 23.2 Å². The number of carbonyl (C=O) groups excluding carboxylic acids is 2. The van der Waals surface area contributed by atoms with E-state index in [0.717, 1.165) is 18.2 Å². The molecule has 0 radical (unpaired) electrons. The van der Waals surface area contributed by atoms with Gasteiger partial charge in [0.1, 0.15) is 11.9 Å². The Labute approximate surface area is 140 Å². The van der Waals surface area contributed by atoms with Gasteiger partial charge in [-0.15, -0.1) is 0 Å². The van der Waals surface area contributed by atoms with Crippen LogP contribution in [-0.4, -0.2) is 17.9 Å². The van der Waals surface area contributed by atoms with Gasteiger partial charge in [-0.1, -0.05) is 18.2 Å². The second-order valence-electron chi connectivity index (χ2n) is 5.49. The summed E-state index contributed by atoms with van der Waals surface area (Å²) in [5.41, 5.74) is -1.31. The fourth-order valence-electron chi connectivity index (χ4n) is 2.69. The van der Waals surface area contributed by atoms with Crippen molar-refractivity contribution in [3.05, 3.63) is 59.9 Å². The number of halogens is 4. The second-order valence-corrected chi connectivity index (χ2v) is 5.49. The molecule has 0 aromatic heterocycles. The number of amides is 2. The van der Waals surface area contributed by atoms with Crippen molar-refractivity contribution in [1.29, 1.82) is 0 Å². The van der Waals surface area contributed by atoms with Crippen molar-refractivity contribution in [3.63, 3.8) is 0 Å². The molecule has 1 saturated heterocycles. The molecule has 0 saturated carbocycles. The van der Waals surface area contributed by atoms with E-state index in [0.29, 0.717) is 4.90 Å². The van der Waals surface area contributed by atoms with Gasteiger partial charge in [0.25, 0.3) is 5.91 Å². The molecule has 130 valence electrons. The van der Waals surface area contributed by atoms with Crippen molar-refractivity contribution in [2.75, 3.05) is 10.2 Å². The van der Waals surface area contributed by atoms with E-state index in [-0.39, 0.29) is 12.1 Å². The molecule has 0 bridgehead atoms. The lowest BCUT2D eigenvalue weighted by molar-refractivity contribution is -0.137. The van der Waals surface area contributed by atoms with Crippen LogP contribution in [0, 0.1) is 5.82 Å². The lowest BCUT2D eigenvalue weighted by Crippen LogP contribution is -2.36. The second kappa shape index (κ2) is 6.19. The van der Waals surface area contributed by atoms with Gasteiger partial charge in [-0.25, -0.2) is 9.29 Å². The lowest BCUT2D eigenvalue weighted by atomic mass is 10.1. The van der Waals surface area contributed by atoms with Crippen LogP contribution in [0.3, 0.4) is 0 Å². The van der Waals surface area contributed by atoms with E-state index in [4.69, 9.17) is 0 Å². The number of hydrogen-bond acceptors (Lipinski definition) is 3. The molecule has 0 spiro atoms. The summed E-state index contributed by atoms with van der Waals surface area (Å²) in [5.74, 6) is -2.11. The van der Waals surface area contributed by atoms with Gasteiger partial charge >= 0.3 is 6.18 Å². The Morgan fingerprint density at radius 1 is 1.04 bits per heavy atom. The fourth-order valence-corrected chi connectivity index (χ4v) is 2.69. The number of benzene rings is 2. The van der Waals surface area contributed by atoms with Crippen molar-refractivity contribution in [2.24, 2.45) is 0 Å². The normalized spacial score (nSPS) is 17.9. The number of nitrogens with one attached hydrogen (secondary N) is 1. The Bertz CT molecular complexity index is 835. The number of alkyl halides is 3. The number of carbonyl (C=O) groups is 2. The van der Waals surface area contributed by atoms with Gasteiger partial charge in [-0.2, -0.15) is 13.2 Å². The average Bonchev–Trinajstić information content (AvgIpc) is 2.80. The SMILES string of the molecule is O=C1CC(Nc2cccc(F)c2)C(=O)N1c1ccccc1C(F)(F)F. The molecule has 3 rings (SSSR count). The van der Waals surface area contributed by atoms with Crippen LogP contribution < -0.4 is 10.2 Å². The summed E-state index contributed by atoms with van der Waals surface area (Å²) >= 11 is 0. The standard InChI is InChI=1S/C17H12F4N2O2/c18-10-4-3-5-11(8-10)22-13-9-15(24)23(16(13)25)14-7-2-1-6-12(14)17(19,20)21/h1-8,13,22H,9H2. The van der Waals surface area contributed by atoms with E-state index in [1.807, 2.05) is 0 Å². The van der Waals surface area contributed by atoms with Crippen LogP contribution in [-0.2, 0) is 15.8 Å². The Morgan fingerprint density at radius 2 is 1.76 bits per heavy atom. The first kappa shape index (κ1) is 16.9.